The molecule has 1 amide bonds. The van der Waals surface area contributed by atoms with E-state index in [0.29, 0.717) is 31.3 Å². The van der Waals surface area contributed by atoms with Gasteiger partial charge in [0.15, 0.2) is 0 Å². The van der Waals surface area contributed by atoms with Crippen molar-refractivity contribution in [1.29, 1.82) is 0 Å². The van der Waals surface area contributed by atoms with Crippen LogP contribution in [0.4, 0.5) is 23.4 Å². The van der Waals surface area contributed by atoms with Crippen LogP contribution in [0.2, 0.25) is 0 Å². The number of ether oxygens (including phenoxy) is 2. The first kappa shape index (κ1) is 27.3. The van der Waals surface area contributed by atoms with Gasteiger partial charge in [-0.05, 0) is 37.1 Å². The zero-order valence-electron chi connectivity index (χ0n) is 23.8. The molecule has 6 rings (SSSR count). The number of likely N-dealkylation sites (N-methyl/N-ethyl adjacent to an activating group) is 1. The maximum Gasteiger partial charge on any atom is 0.253 e. The van der Waals surface area contributed by atoms with Crippen LogP contribution in [0.15, 0.2) is 30.6 Å². The van der Waals surface area contributed by atoms with Gasteiger partial charge < -0.3 is 29.9 Å². The minimum atomic E-state index is 0.0253. The minimum Gasteiger partial charge on any atom is -0.379 e. The summed E-state index contributed by atoms with van der Waals surface area (Å²) in [6.07, 6.45) is 4.22. The zero-order valence-corrected chi connectivity index (χ0v) is 23.8. The monoisotopic (exact) mass is 559 g/mol. The van der Waals surface area contributed by atoms with Gasteiger partial charge in [-0.3, -0.25) is 9.69 Å². The number of nitrogen functional groups attached to an aromatic ring is 1. The van der Waals surface area contributed by atoms with Crippen molar-refractivity contribution >= 4 is 29.3 Å². The van der Waals surface area contributed by atoms with Crippen molar-refractivity contribution in [3.05, 3.63) is 47.3 Å². The molecular weight excluding hydrogens is 522 g/mol. The smallest absolute Gasteiger partial charge is 0.253 e. The number of hydrogen-bond donors (Lipinski definition) is 1. The molecule has 3 aliphatic rings. The van der Waals surface area contributed by atoms with Crippen LogP contribution >= 0.6 is 0 Å². The molecule has 2 saturated heterocycles. The molecule has 3 aliphatic heterocycles. The Kier molecular flexibility index (Phi) is 7.95. The number of benzene rings is 1. The van der Waals surface area contributed by atoms with Crippen molar-refractivity contribution in [2.45, 2.75) is 13.3 Å². The highest BCUT2D eigenvalue weighted by atomic mass is 16.5. The van der Waals surface area contributed by atoms with E-state index in [9.17, 15) is 4.79 Å². The second-order valence-electron chi connectivity index (χ2n) is 10.7. The van der Waals surface area contributed by atoms with E-state index < -0.39 is 0 Å². The lowest BCUT2D eigenvalue weighted by atomic mass is 10.1. The lowest BCUT2D eigenvalue weighted by Gasteiger charge is -2.29. The van der Waals surface area contributed by atoms with Gasteiger partial charge in [0.25, 0.3) is 5.91 Å². The molecule has 3 aromatic rings. The summed E-state index contributed by atoms with van der Waals surface area (Å²) in [5, 5.41) is 0. The van der Waals surface area contributed by atoms with E-state index >= 15 is 0 Å². The summed E-state index contributed by atoms with van der Waals surface area (Å²) in [4.78, 5) is 40.2. The number of amides is 1. The fourth-order valence-electron chi connectivity index (χ4n) is 5.61. The average Bonchev–Trinajstić information content (AvgIpc) is 3.44. The summed E-state index contributed by atoms with van der Waals surface area (Å²) in [5.74, 6) is 1.79. The molecule has 216 valence electrons. The highest BCUT2D eigenvalue weighted by Crippen LogP contribution is 2.40. The molecule has 0 spiro atoms. The van der Waals surface area contributed by atoms with Crippen LogP contribution in [0.5, 0.6) is 0 Å². The number of fused-ring (bicyclic) bond motifs is 1. The number of aromatic nitrogens is 4. The molecule has 2 fully saturated rings. The number of nitrogens with two attached hydrogens (primary N) is 1. The molecule has 0 bridgehead atoms. The van der Waals surface area contributed by atoms with E-state index in [0.717, 1.165) is 92.8 Å². The van der Waals surface area contributed by atoms with Crippen molar-refractivity contribution in [2.75, 3.05) is 94.8 Å². The maximum atomic E-state index is 13.3. The summed E-state index contributed by atoms with van der Waals surface area (Å²) in [5.41, 5.74) is 11.2. The Labute approximate surface area is 240 Å². The molecule has 5 heterocycles. The quantitative estimate of drug-likeness (QED) is 0.455. The van der Waals surface area contributed by atoms with Crippen molar-refractivity contribution < 1.29 is 14.3 Å². The Morgan fingerprint density at radius 3 is 2.41 bits per heavy atom. The van der Waals surface area contributed by atoms with Crippen LogP contribution in [0.25, 0.3) is 11.3 Å². The van der Waals surface area contributed by atoms with Crippen LogP contribution in [-0.2, 0) is 15.9 Å². The molecule has 2 N–H and O–H groups in total. The van der Waals surface area contributed by atoms with E-state index in [-0.39, 0.29) is 11.9 Å². The predicted octanol–water partition coefficient (Wildman–Crippen LogP) is 1.76. The standard InChI is InChI=1S/C29H37N9O3/c1-20-17-21(27(39)35(2)7-8-36-9-13-40-14-10-36)3-4-24(20)38-6-5-23-25(22-18-31-28(30)32-19-22)33-29(34-26(23)38)37-11-15-41-16-12-37/h3-4,17-19H,5-16H2,1-2H3,(H2,30,31,32). The third kappa shape index (κ3) is 5.81. The SMILES string of the molecule is Cc1cc(C(=O)N(C)CCN2CCOCC2)ccc1N1CCc2c(-c3cnc(N)nc3)nc(N3CCOCC3)nc21. The molecule has 12 nitrogen and oxygen atoms in total. The van der Waals surface area contributed by atoms with Gasteiger partial charge in [0.2, 0.25) is 11.9 Å². The predicted molar refractivity (Wildman–Crippen MR) is 157 cm³/mol. The number of carbonyl (C=O) groups is 1. The summed E-state index contributed by atoms with van der Waals surface area (Å²) in [6.45, 7) is 10.4. The first-order valence-corrected chi connectivity index (χ1v) is 14.2. The Balaban J connectivity index is 1.27. The Bertz CT molecular complexity index is 1390. The molecule has 1 aromatic carbocycles. The number of hydrogen-bond acceptors (Lipinski definition) is 11. The number of nitrogens with zero attached hydrogens (tertiary/aromatic N) is 8. The molecule has 41 heavy (non-hydrogen) atoms. The van der Waals surface area contributed by atoms with E-state index in [1.807, 2.05) is 25.2 Å². The van der Waals surface area contributed by atoms with Crippen molar-refractivity contribution in [2.24, 2.45) is 0 Å². The number of anilines is 4. The summed E-state index contributed by atoms with van der Waals surface area (Å²) in [7, 11) is 1.87. The van der Waals surface area contributed by atoms with E-state index in [1.165, 1.54) is 0 Å². The highest BCUT2D eigenvalue weighted by Gasteiger charge is 2.30. The van der Waals surface area contributed by atoms with E-state index in [1.54, 1.807) is 17.3 Å². The average molecular weight is 560 g/mol. The maximum absolute atomic E-state index is 13.3. The van der Waals surface area contributed by atoms with Crippen LogP contribution < -0.4 is 15.5 Å². The van der Waals surface area contributed by atoms with Gasteiger partial charge in [0.1, 0.15) is 5.82 Å². The zero-order chi connectivity index (χ0) is 28.3. The summed E-state index contributed by atoms with van der Waals surface area (Å²) < 4.78 is 11.0. The third-order valence-corrected chi connectivity index (χ3v) is 7.99. The molecule has 2 aromatic heterocycles. The Hall–Kier alpha value is -3.87. The molecule has 0 radical (unpaired) electrons. The second kappa shape index (κ2) is 11.9. The topological polar surface area (TPSA) is 126 Å². The molecular formula is C29H37N9O3. The van der Waals surface area contributed by atoms with Crippen molar-refractivity contribution in [3.63, 3.8) is 0 Å². The fourth-order valence-corrected chi connectivity index (χ4v) is 5.61. The van der Waals surface area contributed by atoms with Crippen LogP contribution in [0, 0.1) is 6.92 Å². The van der Waals surface area contributed by atoms with Crippen molar-refractivity contribution in [3.8, 4) is 11.3 Å². The van der Waals surface area contributed by atoms with Crippen LogP contribution in [-0.4, -0.2) is 115 Å². The van der Waals surface area contributed by atoms with E-state index in [4.69, 9.17) is 25.2 Å². The third-order valence-electron chi connectivity index (χ3n) is 7.99. The normalized spacial score (nSPS) is 17.5. The number of morpholine rings is 2. The minimum absolute atomic E-state index is 0.0253. The van der Waals surface area contributed by atoms with Gasteiger partial charge in [-0.1, -0.05) is 0 Å². The van der Waals surface area contributed by atoms with Gasteiger partial charge in [0.05, 0.1) is 32.1 Å². The highest BCUT2D eigenvalue weighted by molar-refractivity contribution is 5.95. The Morgan fingerprint density at radius 2 is 1.71 bits per heavy atom. The molecule has 0 atom stereocenters. The molecule has 0 unspecified atom stereocenters. The lowest BCUT2D eigenvalue weighted by molar-refractivity contribution is 0.0338. The number of aryl methyl sites for hydroxylation is 1. The van der Waals surface area contributed by atoms with Gasteiger partial charge in [-0.15, -0.1) is 0 Å². The largest absolute Gasteiger partial charge is 0.379 e. The first-order chi connectivity index (χ1) is 20.0. The van der Waals surface area contributed by atoms with Gasteiger partial charge in [-0.25, -0.2) is 15.0 Å². The number of rotatable bonds is 7. The van der Waals surface area contributed by atoms with Gasteiger partial charge >= 0.3 is 0 Å². The number of carbonyl (C=O) groups excluding carboxylic acids is 1. The molecule has 12 heteroatoms. The Morgan fingerprint density at radius 1 is 1.00 bits per heavy atom. The van der Waals surface area contributed by atoms with Crippen LogP contribution in [0.3, 0.4) is 0 Å². The van der Waals surface area contributed by atoms with Gasteiger partial charge in [0, 0.05) is 87.6 Å². The van der Waals surface area contributed by atoms with E-state index in [2.05, 4.69) is 31.6 Å². The van der Waals surface area contributed by atoms with Crippen LogP contribution in [0.1, 0.15) is 21.5 Å². The fraction of sp³-hybridized carbons (Fsp3) is 0.483. The van der Waals surface area contributed by atoms with Gasteiger partial charge in [-0.2, -0.15) is 4.98 Å². The first-order valence-electron chi connectivity index (χ1n) is 14.2. The summed E-state index contributed by atoms with van der Waals surface area (Å²) >= 11 is 0. The molecule has 0 saturated carbocycles. The second-order valence-corrected chi connectivity index (χ2v) is 10.7. The van der Waals surface area contributed by atoms with Crippen molar-refractivity contribution in [1.82, 2.24) is 29.7 Å². The summed E-state index contributed by atoms with van der Waals surface area (Å²) in [6, 6.07) is 5.95. The lowest BCUT2D eigenvalue weighted by Crippen LogP contribution is -2.41. The molecule has 0 aliphatic carbocycles.